The number of ketones is 1. The van der Waals surface area contributed by atoms with Gasteiger partial charge >= 0.3 is 0 Å². The Morgan fingerprint density at radius 2 is 1.87 bits per heavy atom. The third-order valence-electron chi connectivity index (χ3n) is 5.52. The van der Waals surface area contributed by atoms with E-state index >= 15 is 0 Å². The van der Waals surface area contributed by atoms with E-state index in [4.69, 9.17) is 28.9 Å². The van der Waals surface area contributed by atoms with Gasteiger partial charge in [-0.15, -0.1) is 0 Å². The molecule has 0 bridgehead atoms. The van der Waals surface area contributed by atoms with Crippen molar-refractivity contribution in [1.29, 1.82) is 5.26 Å². The summed E-state index contributed by atoms with van der Waals surface area (Å²) >= 11 is 12.7. The minimum absolute atomic E-state index is 0.0682. The maximum Gasteiger partial charge on any atom is 0.269 e. The van der Waals surface area contributed by atoms with Crippen LogP contribution >= 0.6 is 23.2 Å². The van der Waals surface area contributed by atoms with Crippen molar-refractivity contribution in [3.05, 3.63) is 90.9 Å². The van der Waals surface area contributed by atoms with E-state index in [9.17, 15) is 20.2 Å². The number of anilines is 1. The molecule has 1 heterocycles. The first kappa shape index (κ1) is 20.9. The van der Waals surface area contributed by atoms with E-state index < -0.39 is 10.8 Å². The summed E-state index contributed by atoms with van der Waals surface area (Å²) in [5.74, 6) is -0.659. The molecular formula is C22H16Cl2N4O3. The molecule has 9 heteroatoms. The number of benzene rings is 2. The zero-order valence-corrected chi connectivity index (χ0v) is 17.7. The third-order valence-corrected chi connectivity index (χ3v) is 6.36. The number of nitro groups is 1. The second kappa shape index (κ2) is 8.06. The molecule has 2 aliphatic rings. The summed E-state index contributed by atoms with van der Waals surface area (Å²) < 4.78 is 0. The van der Waals surface area contributed by atoms with Crippen LogP contribution < -0.4 is 10.6 Å². The number of carbonyl (C=O) groups excluding carboxylic acids is 1. The number of nitrogens with two attached hydrogens (primary N) is 1. The van der Waals surface area contributed by atoms with Crippen LogP contribution in [0.1, 0.15) is 30.7 Å². The predicted molar refractivity (Wildman–Crippen MR) is 117 cm³/mol. The zero-order chi connectivity index (χ0) is 22.3. The van der Waals surface area contributed by atoms with E-state index in [0.29, 0.717) is 46.8 Å². The van der Waals surface area contributed by atoms with Crippen molar-refractivity contribution in [2.75, 3.05) is 4.90 Å². The van der Waals surface area contributed by atoms with Gasteiger partial charge in [0.05, 0.1) is 32.5 Å². The number of rotatable bonds is 3. The molecule has 7 nitrogen and oxygen atoms in total. The number of nitro benzene ring substituents is 1. The number of non-ortho nitro benzene ring substituents is 1. The minimum atomic E-state index is -0.728. The van der Waals surface area contributed by atoms with Gasteiger partial charge in [-0.25, -0.2) is 0 Å². The standard InChI is InChI=1S/C22H16Cl2N4O3/c23-16-4-1-3-14(21(16)24)19-15(11-25)22(26)27(17-5-2-6-18(29)20(17)19)12-7-9-13(10-8-12)28(30)31/h1,3-4,7-10,19H,2,5-6,26H2/t19-/m1/s1. The lowest BCUT2D eigenvalue weighted by Crippen LogP contribution is -2.38. The number of nitriles is 1. The van der Waals surface area contributed by atoms with Crippen LogP contribution in [-0.2, 0) is 4.79 Å². The lowest BCUT2D eigenvalue weighted by Gasteiger charge is -2.39. The molecule has 31 heavy (non-hydrogen) atoms. The molecular weight excluding hydrogens is 439 g/mol. The van der Waals surface area contributed by atoms with Crippen LogP contribution in [0.4, 0.5) is 11.4 Å². The van der Waals surface area contributed by atoms with E-state index in [1.807, 2.05) is 0 Å². The summed E-state index contributed by atoms with van der Waals surface area (Å²) in [6.07, 6.45) is 1.54. The lowest BCUT2D eigenvalue weighted by molar-refractivity contribution is -0.384. The molecule has 1 aliphatic carbocycles. The van der Waals surface area contributed by atoms with Crippen molar-refractivity contribution < 1.29 is 9.72 Å². The molecule has 0 saturated heterocycles. The molecule has 0 saturated carbocycles. The highest BCUT2D eigenvalue weighted by atomic mass is 35.5. The first-order valence-electron chi connectivity index (χ1n) is 9.49. The maximum absolute atomic E-state index is 13.1. The van der Waals surface area contributed by atoms with Gasteiger partial charge in [-0.1, -0.05) is 35.3 Å². The highest BCUT2D eigenvalue weighted by Gasteiger charge is 2.41. The molecule has 0 radical (unpaired) electrons. The first-order valence-corrected chi connectivity index (χ1v) is 10.2. The number of carbonyl (C=O) groups is 1. The molecule has 4 rings (SSSR count). The van der Waals surface area contributed by atoms with Crippen molar-refractivity contribution in [3.8, 4) is 6.07 Å². The Balaban J connectivity index is 1.96. The molecule has 2 aromatic carbocycles. The number of hydrogen-bond acceptors (Lipinski definition) is 6. The second-order valence-electron chi connectivity index (χ2n) is 7.23. The van der Waals surface area contributed by atoms with Gasteiger partial charge in [0.1, 0.15) is 5.82 Å². The van der Waals surface area contributed by atoms with Gasteiger partial charge in [0.25, 0.3) is 5.69 Å². The Kier molecular flexibility index (Phi) is 5.44. The lowest BCUT2D eigenvalue weighted by atomic mass is 9.75. The summed E-state index contributed by atoms with van der Waals surface area (Å²) in [4.78, 5) is 25.2. The maximum atomic E-state index is 13.1. The van der Waals surface area contributed by atoms with Crippen LogP contribution in [0.3, 0.4) is 0 Å². The quantitative estimate of drug-likeness (QED) is 0.502. The second-order valence-corrected chi connectivity index (χ2v) is 8.02. The van der Waals surface area contributed by atoms with Crippen LogP contribution in [0.5, 0.6) is 0 Å². The van der Waals surface area contributed by atoms with Gasteiger partial charge in [-0.2, -0.15) is 5.26 Å². The Hall–Kier alpha value is -3.34. The van der Waals surface area contributed by atoms with Gasteiger partial charge in [0, 0.05) is 35.5 Å². The Bertz CT molecular complexity index is 1210. The molecule has 0 amide bonds. The normalized spacial score (nSPS) is 18.7. The monoisotopic (exact) mass is 454 g/mol. The van der Waals surface area contributed by atoms with Crippen molar-refractivity contribution >= 4 is 40.4 Å². The first-order chi connectivity index (χ1) is 14.8. The van der Waals surface area contributed by atoms with Crippen molar-refractivity contribution in [2.24, 2.45) is 5.73 Å². The van der Waals surface area contributed by atoms with Crippen LogP contribution in [0.15, 0.2) is 65.1 Å². The van der Waals surface area contributed by atoms with E-state index in [2.05, 4.69) is 6.07 Å². The zero-order valence-electron chi connectivity index (χ0n) is 16.1. The van der Waals surface area contributed by atoms with E-state index in [1.165, 1.54) is 12.1 Å². The third kappa shape index (κ3) is 3.44. The largest absolute Gasteiger partial charge is 0.384 e. The smallest absolute Gasteiger partial charge is 0.269 e. The highest BCUT2D eigenvalue weighted by Crippen LogP contribution is 2.48. The van der Waals surface area contributed by atoms with Gasteiger partial charge in [0.15, 0.2) is 5.78 Å². The molecule has 0 fully saturated rings. The molecule has 156 valence electrons. The number of halogens is 2. The number of hydrogen-bond donors (Lipinski definition) is 1. The van der Waals surface area contributed by atoms with Gasteiger partial charge < -0.3 is 5.73 Å². The number of nitrogens with zero attached hydrogens (tertiary/aromatic N) is 3. The predicted octanol–water partition coefficient (Wildman–Crippen LogP) is 5.21. The average molecular weight is 455 g/mol. The van der Waals surface area contributed by atoms with Crippen LogP contribution in [0, 0.1) is 21.4 Å². The Labute approximate surface area is 188 Å². The molecule has 1 atom stereocenters. The van der Waals surface area contributed by atoms with Gasteiger partial charge in [-0.3, -0.25) is 19.8 Å². The fourth-order valence-corrected chi connectivity index (χ4v) is 4.58. The SMILES string of the molecule is N#CC1=C(N)N(c2ccc([N+](=O)[O-])cc2)C2=C(C(=O)CCC2)[C@@H]1c1cccc(Cl)c1Cl. The summed E-state index contributed by atoms with van der Waals surface area (Å²) in [6, 6.07) is 13.1. The van der Waals surface area contributed by atoms with Crippen LogP contribution in [-0.4, -0.2) is 10.7 Å². The van der Waals surface area contributed by atoms with Crippen LogP contribution in [0.25, 0.3) is 0 Å². The Morgan fingerprint density at radius 3 is 2.52 bits per heavy atom. The average Bonchev–Trinajstić information content (AvgIpc) is 2.75. The minimum Gasteiger partial charge on any atom is -0.384 e. The molecule has 0 unspecified atom stereocenters. The van der Waals surface area contributed by atoms with E-state index in [1.54, 1.807) is 35.2 Å². The summed E-state index contributed by atoms with van der Waals surface area (Å²) in [5, 5.41) is 21.6. The van der Waals surface area contributed by atoms with E-state index in [0.717, 1.165) is 0 Å². The molecule has 0 aromatic heterocycles. The molecule has 0 spiro atoms. The summed E-state index contributed by atoms with van der Waals surface area (Å²) in [5.41, 5.74) is 8.77. The fraction of sp³-hybridized carbons (Fsp3) is 0.182. The molecule has 2 aromatic rings. The summed E-state index contributed by atoms with van der Waals surface area (Å²) in [6.45, 7) is 0. The van der Waals surface area contributed by atoms with Crippen molar-refractivity contribution in [3.63, 3.8) is 0 Å². The van der Waals surface area contributed by atoms with Crippen molar-refractivity contribution in [1.82, 2.24) is 0 Å². The summed E-state index contributed by atoms with van der Waals surface area (Å²) in [7, 11) is 0. The fourth-order valence-electron chi connectivity index (χ4n) is 4.16. The van der Waals surface area contributed by atoms with Gasteiger partial charge in [-0.05, 0) is 36.6 Å². The van der Waals surface area contributed by atoms with Gasteiger partial charge in [0.2, 0.25) is 0 Å². The topological polar surface area (TPSA) is 113 Å². The molecule has 1 aliphatic heterocycles. The number of Topliss-reactive ketones (excluding diaryl/α,β-unsaturated/α-hetero) is 1. The van der Waals surface area contributed by atoms with E-state index in [-0.39, 0.29) is 27.9 Å². The molecule has 2 N–H and O–H groups in total. The Morgan fingerprint density at radius 1 is 1.16 bits per heavy atom. The number of allylic oxidation sites excluding steroid dienone is 3. The van der Waals surface area contributed by atoms with Crippen LogP contribution in [0.2, 0.25) is 10.0 Å². The van der Waals surface area contributed by atoms with Crippen molar-refractivity contribution in [2.45, 2.75) is 25.2 Å². The highest BCUT2D eigenvalue weighted by molar-refractivity contribution is 6.42.